The summed E-state index contributed by atoms with van der Waals surface area (Å²) in [6.45, 7) is 10.0. The molecule has 0 saturated heterocycles. The number of rotatable bonds is 7. The van der Waals surface area contributed by atoms with Crippen LogP contribution in [-0.4, -0.2) is 37.5 Å². The van der Waals surface area contributed by atoms with Crippen LogP contribution in [0.3, 0.4) is 0 Å². The summed E-state index contributed by atoms with van der Waals surface area (Å²) in [6.07, 6.45) is 6.99. The van der Waals surface area contributed by atoms with Crippen LogP contribution in [0.5, 0.6) is 0 Å². The van der Waals surface area contributed by atoms with E-state index in [9.17, 15) is 14.4 Å². The molecule has 0 aromatic carbocycles. The Kier molecular flexibility index (Phi) is 7.51. The van der Waals surface area contributed by atoms with Gasteiger partial charge in [-0.2, -0.15) is 0 Å². The standard InChI is InChI=1S/C5H5.3C4H8O2.Sn/c1-2-4-5-3-1;3*1-3(2)4(5)6;/h1-5H;3*3H,1-2H3,(H,5,6);/q;;;;+3/p-3. The van der Waals surface area contributed by atoms with E-state index < -0.39 is 59.2 Å². The second kappa shape index (κ2) is 8.69. The van der Waals surface area contributed by atoms with Gasteiger partial charge >= 0.3 is 149 Å². The topological polar surface area (TPSA) is 78.9 Å². The van der Waals surface area contributed by atoms with E-state index in [0.29, 0.717) is 0 Å². The molecule has 0 spiro atoms. The minimum absolute atomic E-state index is 0.425. The molecule has 0 fully saturated rings. The van der Waals surface area contributed by atoms with E-state index in [1.165, 1.54) is 0 Å². The molecule has 0 aromatic heterocycles. The molecule has 134 valence electrons. The van der Waals surface area contributed by atoms with Crippen molar-refractivity contribution < 1.29 is 23.6 Å². The third-order valence-electron chi connectivity index (χ3n) is 3.30. The zero-order valence-corrected chi connectivity index (χ0v) is 17.9. The van der Waals surface area contributed by atoms with Crippen LogP contribution in [0, 0.1) is 17.8 Å². The average Bonchev–Trinajstić information content (AvgIpc) is 3.01. The van der Waals surface area contributed by atoms with Crippen molar-refractivity contribution in [3.8, 4) is 0 Å². The Hall–Kier alpha value is -1.31. The number of allylic oxidation sites excluding steroid dienone is 4. The van der Waals surface area contributed by atoms with Crippen molar-refractivity contribution in [1.29, 1.82) is 0 Å². The van der Waals surface area contributed by atoms with Gasteiger partial charge in [-0.3, -0.25) is 0 Å². The van der Waals surface area contributed by atoms with Crippen molar-refractivity contribution in [3.63, 3.8) is 0 Å². The molecule has 1 aliphatic carbocycles. The summed E-state index contributed by atoms with van der Waals surface area (Å²) < 4.78 is 16.3. The third-order valence-corrected chi connectivity index (χ3v) is 10.9. The fourth-order valence-electron chi connectivity index (χ4n) is 1.71. The van der Waals surface area contributed by atoms with Crippen LogP contribution in [0.1, 0.15) is 41.5 Å². The van der Waals surface area contributed by atoms with E-state index in [0.717, 1.165) is 0 Å². The summed E-state index contributed by atoms with van der Waals surface area (Å²) in [5.74, 6) is -2.88. The molecule has 1 rings (SSSR count). The molecule has 24 heavy (non-hydrogen) atoms. The number of carbonyl (C=O) groups excluding carboxylic acids is 3. The van der Waals surface area contributed by atoms with Crippen molar-refractivity contribution in [2.24, 2.45) is 17.8 Å². The van der Waals surface area contributed by atoms with Crippen LogP contribution in [-0.2, 0) is 23.6 Å². The average molecular weight is 445 g/mol. The predicted octanol–water partition coefficient (Wildman–Crippen LogP) is 3.02. The Bertz CT molecular complexity index is 480. The fourth-order valence-corrected chi connectivity index (χ4v) is 9.63. The van der Waals surface area contributed by atoms with E-state index in [1.54, 1.807) is 65.8 Å². The van der Waals surface area contributed by atoms with E-state index in [2.05, 4.69) is 0 Å². The van der Waals surface area contributed by atoms with Crippen LogP contribution in [0.4, 0.5) is 0 Å². The summed E-state index contributed by atoms with van der Waals surface area (Å²) >= 11 is -4.90. The third kappa shape index (κ3) is 5.36. The number of hydrogen-bond donors (Lipinski definition) is 0. The Morgan fingerprint density at radius 3 is 1.25 bits per heavy atom. The molecular weight excluding hydrogens is 419 g/mol. The fraction of sp³-hybridized carbons (Fsp3) is 0.588. The molecule has 0 atom stereocenters. The van der Waals surface area contributed by atoms with Crippen LogP contribution in [0.25, 0.3) is 0 Å². The van der Waals surface area contributed by atoms with Gasteiger partial charge in [0.15, 0.2) is 0 Å². The molecule has 0 amide bonds. The van der Waals surface area contributed by atoms with Gasteiger partial charge < -0.3 is 0 Å². The normalized spacial score (nSPS) is 14.5. The van der Waals surface area contributed by atoms with E-state index in [1.807, 2.05) is 0 Å². The van der Waals surface area contributed by atoms with Gasteiger partial charge in [-0.15, -0.1) is 0 Å². The summed E-state index contributed by atoms with van der Waals surface area (Å²) in [5.41, 5.74) is 0. The molecule has 0 saturated carbocycles. The number of hydrogen-bond acceptors (Lipinski definition) is 6. The molecule has 0 unspecified atom stereocenters. The monoisotopic (exact) mass is 446 g/mol. The Labute approximate surface area is 148 Å². The Morgan fingerprint density at radius 2 is 1.00 bits per heavy atom. The van der Waals surface area contributed by atoms with Gasteiger partial charge in [0.25, 0.3) is 0 Å². The molecule has 6 nitrogen and oxygen atoms in total. The van der Waals surface area contributed by atoms with E-state index >= 15 is 0 Å². The molecule has 0 N–H and O–H groups in total. The van der Waals surface area contributed by atoms with Crippen LogP contribution >= 0.6 is 0 Å². The maximum absolute atomic E-state index is 12.2. The summed E-state index contributed by atoms with van der Waals surface area (Å²) in [4.78, 5) is 36.7. The van der Waals surface area contributed by atoms with Gasteiger partial charge in [0.1, 0.15) is 0 Å². The molecule has 0 radical (unpaired) electrons. The van der Waals surface area contributed by atoms with Gasteiger partial charge in [-0.25, -0.2) is 0 Å². The summed E-state index contributed by atoms with van der Waals surface area (Å²) in [7, 11) is 0. The van der Waals surface area contributed by atoms with Crippen molar-refractivity contribution >= 4 is 37.5 Å². The second-order valence-electron chi connectivity index (χ2n) is 6.63. The minimum atomic E-state index is -4.90. The first-order chi connectivity index (χ1) is 11.1. The first kappa shape index (κ1) is 20.7. The molecule has 0 heterocycles. The van der Waals surface area contributed by atoms with Gasteiger partial charge in [0.05, 0.1) is 0 Å². The van der Waals surface area contributed by atoms with E-state index in [4.69, 9.17) is 9.22 Å². The molecule has 1 aliphatic rings. The number of carbonyl (C=O) groups is 3. The summed E-state index contributed by atoms with van der Waals surface area (Å²) in [5, 5.41) is 0. The summed E-state index contributed by atoms with van der Waals surface area (Å²) in [6, 6.07) is 0. The van der Waals surface area contributed by atoms with E-state index in [-0.39, 0.29) is 0 Å². The quantitative estimate of drug-likeness (QED) is 0.561. The van der Waals surface area contributed by atoms with Gasteiger partial charge in [0.2, 0.25) is 0 Å². The molecular formula is C17H26O6Sn. The van der Waals surface area contributed by atoms with Crippen LogP contribution in [0.15, 0.2) is 24.3 Å². The van der Waals surface area contributed by atoms with Gasteiger partial charge in [-0.1, -0.05) is 0 Å². The molecule has 0 bridgehead atoms. The van der Waals surface area contributed by atoms with Crippen molar-refractivity contribution in [1.82, 2.24) is 0 Å². The van der Waals surface area contributed by atoms with Gasteiger partial charge in [-0.05, 0) is 0 Å². The van der Waals surface area contributed by atoms with Crippen LogP contribution < -0.4 is 0 Å². The maximum atomic E-state index is 12.2. The van der Waals surface area contributed by atoms with Crippen molar-refractivity contribution in [3.05, 3.63) is 24.3 Å². The van der Waals surface area contributed by atoms with Crippen molar-refractivity contribution in [2.75, 3.05) is 0 Å². The van der Waals surface area contributed by atoms with Crippen LogP contribution in [0.2, 0.25) is 3.93 Å². The SMILES string of the molecule is CC(C)C(=O)[O][Sn]([O]C(=O)C(C)C)([O]C(=O)C(C)C)[CH]1C=CC=C1. The van der Waals surface area contributed by atoms with Crippen molar-refractivity contribution in [2.45, 2.75) is 45.5 Å². The Balaban J connectivity index is 3.26. The second-order valence-corrected chi connectivity index (χ2v) is 13.7. The molecule has 7 heteroatoms. The first-order valence-corrected chi connectivity index (χ1v) is 13.3. The first-order valence-electron chi connectivity index (χ1n) is 8.12. The zero-order valence-electron chi connectivity index (χ0n) is 15.1. The Morgan fingerprint density at radius 1 is 0.708 bits per heavy atom. The molecule has 0 aromatic rings. The zero-order chi connectivity index (χ0) is 18.5. The molecule has 0 aliphatic heterocycles. The van der Waals surface area contributed by atoms with Gasteiger partial charge in [0, 0.05) is 0 Å². The predicted molar refractivity (Wildman–Crippen MR) is 90.6 cm³/mol.